The SMILES string of the molecule is COCc1ccccc1NC1CS(=O)(=O)c2ccccc21. The quantitative estimate of drug-likeness (QED) is 0.943. The van der Waals surface area contributed by atoms with Crippen molar-refractivity contribution in [3.63, 3.8) is 0 Å². The minimum Gasteiger partial charge on any atom is -0.380 e. The minimum absolute atomic E-state index is 0.0909. The first-order valence-corrected chi connectivity index (χ1v) is 8.42. The fraction of sp³-hybridized carbons (Fsp3) is 0.250. The van der Waals surface area contributed by atoms with E-state index in [-0.39, 0.29) is 11.8 Å². The fourth-order valence-corrected chi connectivity index (χ4v) is 4.44. The second kappa shape index (κ2) is 5.50. The third kappa shape index (κ3) is 2.66. The molecule has 0 saturated carbocycles. The van der Waals surface area contributed by atoms with Crippen molar-refractivity contribution in [2.24, 2.45) is 0 Å². The zero-order chi connectivity index (χ0) is 14.9. The van der Waals surface area contributed by atoms with Crippen LogP contribution in [0.25, 0.3) is 0 Å². The van der Waals surface area contributed by atoms with Crippen LogP contribution in [0.4, 0.5) is 5.69 Å². The Morgan fingerprint density at radius 3 is 2.67 bits per heavy atom. The molecular formula is C16H17NO3S. The molecule has 1 aliphatic rings. The van der Waals surface area contributed by atoms with E-state index in [2.05, 4.69) is 5.32 Å². The predicted octanol–water partition coefficient (Wildman–Crippen LogP) is 2.77. The maximum atomic E-state index is 12.2. The molecule has 5 heteroatoms. The third-order valence-corrected chi connectivity index (χ3v) is 5.48. The summed E-state index contributed by atoms with van der Waals surface area (Å²) >= 11 is 0. The smallest absolute Gasteiger partial charge is 0.181 e. The van der Waals surface area contributed by atoms with Gasteiger partial charge in [-0.25, -0.2) is 8.42 Å². The van der Waals surface area contributed by atoms with Crippen LogP contribution in [0.3, 0.4) is 0 Å². The van der Waals surface area contributed by atoms with Gasteiger partial charge in [-0.05, 0) is 17.7 Å². The standard InChI is InChI=1S/C16H17NO3S/c1-20-10-12-6-2-4-8-14(12)17-15-11-21(18,19)16-9-5-3-7-13(15)16/h2-9,15,17H,10-11H2,1H3. The van der Waals surface area contributed by atoms with Crippen LogP contribution in [0.5, 0.6) is 0 Å². The van der Waals surface area contributed by atoms with E-state index in [1.54, 1.807) is 19.2 Å². The van der Waals surface area contributed by atoms with Crippen molar-refractivity contribution in [1.29, 1.82) is 0 Å². The number of methoxy groups -OCH3 is 1. The van der Waals surface area contributed by atoms with E-state index in [1.165, 1.54) is 0 Å². The van der Waals surface area contributed by atoms with E-state index < -0.39 is 9.84 Å². The first-order valence-electron chi connectivity index (χ1n) is 6.77. The van der Waals surface area contributed by atoms with Crippen LogP contribution in [-0.4, -0.2) is 21.3 Å². The lowest BCUT2D eigenvalue weighted by atomic mass is 10.1. The number of rotatable bonds is 4. The highest BCUT2D eigenvalue weighted by molar-refractivity contribution is 7.91. The summed E-state index contributed by atoms with van der Waals surface area (Å²) in [6.07, 6.45) is 0. The van der Waals surface area contributed by atoms with Gasteiger partial charge in [-0.1, -0.05) is 36.4 Å². The topological polar surface area (TPSA) is 55.4 Å². The van der Waals surface area contributed by atoms with Gasteiger partial charge in [0.05, 0.1) is 23.3 Å². The van der Waals surface area contributed by atoms with Crippen molar-refractivity contribution >= 4 is 15.5 Å². The van der Waals surface area contributed by atoms with Crippen molar-refractivity contribution in [3.05, 3.63) is 59.7 Å². The number of benzene rings is 2. The Hall–Kier alpha value is -1.85. The molecule has 21 heavy (non-hydrogen) atoms. The van der Waals surface area contributed by atoms with Crippen LogP contribution in [0.2, 0.25) is 0 Å². The average Bonchev–Trinajstić information content (AvgIpc) is 2.73. The molecular weight excluding hydrogens is 286 g/mol. The Morgan fingerprint density at radius 1 is 1.14 bits per heavy atom. The van der Waals surface area contributed by atoms with Crippen LogP contribution >= 0.6 is 0 Å². The highest BCUT2D eigenvalue weighted by atomic mass is 32.2. The Morgan fingerprint density at radius 2 is 1.86 bits per heavy atom. The van der Waals surface area contributed by atoms with Crippen molar-refractivity contribution < 1.29 is 13.2 Å². The fourth-order valence-electron chi connectivity index (χ4n) is 2.70. The van der Waals surface area contributed by atoms with Crippen molar-refractivity contribution in [1.82, 2.24) is 0 Å². The summed E-state index contributed by atoms with van der Waals surface area (Å²) in [7, 11) is -1.55. The number of ether oxygens (including phenoxy) is 1. The molecule has 0 saturated heterocycles. The van der Waals surface area contributed by atoms with Crippen molar-refractivity contribution in [3.8, 4) is 0 Å². The van der Waals surface area contributed by atoms with E-state index in [9.17, 15) is 8.42 Å². The number of hydrogen-bond acceptors (Lipinski definition) is 4. The number of anilines is 1. The van der Waals surface area contributed by atoms with Gasteiger partial charge >= 0.3 is 0 Å². The monoisotopic (exact) mass is 303 g/mol. The van der Waals surface area contributed by atoms with E-state index >= 15 is 0 Å². The van der Waals surface area contributed by atoms with E-state index in [1.807, 2.05) is 36.4 Å². The number of fused-ring (bicyclic) bond motifs is 1. The van der Waals surface area contributed by atoms with Gasteiger partial charge in [-0.15, -0.1) is 0 Å². The molecule has 1 heterocycles. The molecule has 1 atom stereocenters. The lowest BCUT2D eigenvalue weighted by molar-refractivity contribution is 0.185. The number of sulfone groups is 1. The second-order valence-corrected chi connectivity index (χ2v) is 7.11. The molecule has 3 rings (SSSR count). The normalized spacial score (nSPS) is 19.2. The van der Waals surface area contributed by atoms with Gasteiger partial charge in [0.1, 0.15) is 0 Å². The first kappa shape index (κ1) is 14.1. The molecule has 2 aromatic carbocycles. The number of para-hydroxylation sites is 1. The van der Waals surface area contributed by atoms with Gasteiger partial charge in [-0.3, -0.25) is 0 Å². The summed E-state index contributed by atoms with van der Waals surface area (Å²) in [5.74, 6) is 0.0909. The molecule has 0 amide bonds. The van der Waals surface area contributed by atoms with E-state index in [0.29, 0.717) is 11.5 Å². The summed E-state index contributed by atoms with van der Waals surface area (Å²) in [6, 6.07) is 14.7. The molecule has 110 valence electrons. The molecule has 0 radical (unpaired) electrons. The van der Waals surface area contributed by atoms with Gasteiger partial charge in [0.2, 0.25) is 0 Å². The number of nitrogens with one attached hydrogen (secondary N) is 1. The lowest BCUT2D eigenvalue weighted by Gasteiger charge is -2.17. The lowest BCUT2D eigenvalue weighted by Crippen LogP contribution is -2.14. The van der Waals surface area contributed by atoms with Crippen LogP contribution in [-0.2, 0) is 21.2 Å². The van der Waals surface area contributed by atoms with Gasteiger partial charge in [0.15, 0.2) is 9.84 Å². The highest BCUT2D eigenvalue weighted by Crippen LogP contribution is 2.35. The summed E-state index contributed by atoms with van der Waals surface area (Å²) in [4.78, 5) is 0.437. The van der Waals surface area contributed by atoms with Crippen LogP contribution in [0, 0.1) is 0 Å². The molecule has 1 unspecified atom stereocenters. The average molecular weight is 303 g/mol. The zero-order valence-corrected chi connectivity index (χ0v) is 12.6. The van der Waals surface area contributed by atoms with Gasteiger partial charge < -0.3 is 10.1 Å². The molecule has 2 aromatic rings. The third-order valence-electron chi connectivity index (χ3n) is 3.66. The summed E-state index contributed by atoms with van der Waals surface area (Å²) in [5, 5.41) is 3.35. The minimum atomic E-state index is -3.19. The summed E-state index contributed by atoms with van der Waals surface area (Å²) in [5.41, 5.74) is 2.77. The Balaban J connectivity index is 1.94. The maximum absolute atomic E-state index is 12.2. The molecule has 0 aromatic heterocycles. The maximum Gasteiger partial charge on any atom is 0.181 e. The first-order chi connectivity index (χ1) is 10.1. The molecule has 4 nitrogen and oxygen atoms in total. The van der Waals surface area contributed by atoms with Gasteiger partial charge in [0.25, 0.3) is 0 Å². The van der Waals surface area contributed by atoms with Crippen molar-refractivity contribution in [2.45, 2.75) is 17.5 Å². The Kier molecular flexibility index (Phi) is 3.69. The molecule has 0 aliphatic carbocycles. The predicted molar refractivity (Wildman–Crippen MR) is 82.0 cm³/mol. The summed E-state index contributed by atoms with van der Waals surface area (Å²) < 4.78 is 29.6. The van der Waals surface area contributed by atoms with Gasteiger partial charge in [0, 0.05) is 18.4 Å². The van der Waals surface area contributed by atoms with E-state index in [4.69, 9.17) is 4.74 Å². The molecule has 0 bridgehead atoms. The van der Waals surface area contributed by atoms with Crippen LogP contribution in [0.1, 0.15) is 17.2 Å². The molecule has 1 aliphatic heterocycles. The number of hydrogen-bond donors (Lipinski definition) is 1. The van der Waals surface area contributed by atoms with Crippen LogP contribution in [0.15, 0.2) is 53.4 Å². The van der Waals surface area contributed by atoms with Crippen LogP contribution < -0.4 is 5.32 Å². The molecule has 1 N–H and O–H groups in total. The molecule has 0 fully saturated rings. The molecule has 0 spiro atoms. The van der Waals surface area contributed by atoms with E-state index in [0.717, 1.165) is 16.8 Å². The van der Waals surface area contributed by atoms with Gasteiger partial charge in [-0.2, -0.15) is 0 Å². The van der Waals surface area contributed by atoms with Crippen molar-refractivity contribution in [2.75, 3.05) is 18.2 Å². The Labute approximate surface area is 124 Å². The second-order valence-electron chi connectivity index (χ2n) is 5.11. The largest absolute Gasteiger partial charge is 0.380 e. The Bertz CT molecular complexity index is 756. The zero-order valence-electron chi connectivity index (χ0n) is 11.7. The summed E-state index contributed by atoms with van der Waals surface area (Å²) in [6.45, 7) is 0.490. The highest BCUT2D eigenvalue weighted by Gasteiger charge is 2.34.